The smallest absolute Gasteiger partial charge is 0.407 e. The largest absolute Gasteiger partial charge is 0.453 e. The van der Waals surface area contributed by atoms with E-state index >= 15 is 0 Å². The Labute approximate surface area is 386 Å². The molecule has 4 aliphatic heterocycles. The average molecular weight is 903 g/mol. The summed E-state index contributed by atoms with van der Waals surface area (Å²) in [7, 11) is 2.61. The van der Waals surface area contributed by atoms with E-state index in [9.17, 15) is 19.2 Å². The number of imidazole rings is 2. The van der Waals surface area contributed by atoms with E-state index in [4.69, 9.17) is 28.9 Å². The predicted octanol–water partition coefficient (Wildman–Crippen LogP) is 6.77. The fourth-order valence-corrected chi connectivity index (χ4v) is 10.00. The molecule has 0 unspecified atom stereocenters. The highest BCUT2D eigenvalue weighted by Gasteiger charge is 2.47. The number of aromatic nitrogens is 4. The Morgan fingerprint density at radius 1 is 0.636 bits per heavy atom. The van der Waals surface area contributed by atoms with Crippen molar-refractivity contribution in [3.05, 3.63) is 83.7 Å². The highest BCUT2D eigenvalue weighted by molar-refractivity contribution is 5.87. The monoisotopic (exact) mass is 902 g/mol. The third-order valence-electron chi connectivity index (χ3n) is 13.5. The van der Waals surface area contributed by atoms with Crippen LogP contribution < -0.4 is 10.6 Å². The lowest BCUT2D eigenvalue weighted by molar-refractivity contribution is -0.137. The van der Waals surface area contributed by atoms with Crippen LogP contribution >= 0.6 is 0 Å². The van der Waals surface area contributed by atoms with Gasteiger partial charge in [-0.05, 0) is 96.6 Å². The van der Waals surface area contributed by atoms with Crippen LogP contribution in [-0.2, 0) is 28.5 Å². The van der Waals surface area contributed by atoms with E-state index in [0.717, 1.165) is 46.5 Å². The Kier molecular flexibility index (Phi) is 13.9. The van der Waals surface area contributed by atoms with Crippen molar-refractivity contribution < 1.29 is 38.1 Å². The van der Waals surface area contributed by atoms with Gasteiger partial charge in [0.15, 0.2) is 0 Å². The van der Waals surface area contributed by atoms with Crippen molar-refractivity contribution in [2.24, 2.45) is 22.7 Å². The number of amides is 4. The van der Waals surface area contributed by atoms with Crippen molar-refractivity contribution >= 4 is 24.0 Å². The molecule has 66 heavy (non-hydrogen) atoms. The minimum absolute atomic E-state index is 0.0525. The molecule has 8 rings (SSSR count). The summed E-state index contributed by atoms with van der Waals surface area (Å²) in [6, 6.07) is 13.9. The second-order valence-electron chi connectivity index (χ2n) is 19.6. The number of methoxy groups -OCH3 is 2. The molecule has 4 N–H and O–H groups in total. The van der Waals surface area contributed by atoms with Crippen LogP contribution in [0.1, 0.15) is 101 Å². The van der Waals surface area contributed by atoms with E-state index in [2.05, 4.69) is 60.1 Å². The van der Waals surface area contributed by atoms with Gasteiger partial charge in [-0.1, -0.05) is 63.8 Å². The summed E-state index contributed by atoms with van der Waals surface area (Å²) in [5.41, 5.74) is 4.95. The Morgan fingerprint density at radius 2 is 1.00 bits per heavy atom. The van der Waals surface area contributed by atoms with Crippen molar-refractivity contribution in [1.82, 2.24) is 40.4 Å². The predicted molar refractivity (Wildman–Crippen MR) is 245 cm³/mol. The lowest BCUT2D eigenvalue weighted by Gasteiger charge is -2.34. The van der Waals surface area contributed by atoms with Crippen LogP contribution in [0.15, 0.2) is 60.9 Å². The zero-order valence-corrected chi connectivity index (χ0v) is 38.8. The first-order chi connectivity index (χ1) is 31.7. The molecule has 4 saturated heterocycles. The van der Waals surface area contributed by atoms with Gasteiger partial charge in [0.25, 0.3) is 0 Å². The molecule has 0 bridgehead atoms. The zero-order valence-electron chi connectivity index (χ0n) is 38.8. The van der Waals surface area contributed by atoms with Crippen molar-refractivity contribution in [1.29, 1.82) is 0 Å². The maximum absolute atomic E-state index is 14.2. The summed E-state index contributed by atoms with van der Waals surface area (Å²) in [5.74, 6) is 7.59. The van der Waals surface area contributed by atoms with Gasteiger partial charge in [0.2, 0.25) is 11.8 Å². The van der Waals surface area contributed by atoms with E-state index in [1.807, 2.05) is 58.3 Å². The molecule has 0 saturated carbocycles. The normalized spacial score (nSPS) is 21.6. The minimum Gasteiger partial charge on any atom is -0.453 e. The molecule has 16 nitrogen and oxygen atoms in total. The minimum atomic E-state index is -0.717. The van der Waals surface area contributed by atoms with E-state index in [1.165, 1.54) is 14.2 Å². The molecule has 0 aliphatic carbocycles. The van der Waals surface area contributed by atoms with Gasteiger partial charge >= 0.3 is 12.2 Å². The first-order valence-corrected chi connectivity index (χ1v) is 23.0. The Morgan fingerprint density at radius 3 is 1.35 bits per heavy atom. The first kappa shape index (κ1) is 46.4. The molecule has 4 atom stereocenters. The summed E-state index contributed by atoms with van der Waals surface area (Å²) in [4.78, 5) is 73.5. The van der Waals surface area contributed by atoms with Crippen molar-refractivity contribution in [2.45, 2.75) is 90.4 Å². The van der Waals surface area contributed by atoms with Crippen LogP contribution in [0.5, 0.6) is 0 Å². The number of alkyl carbamates (subject to hydrolysis) is 2. The van der Waals surface area contributed by atoms with Crippen molar-refractivity contribution in [3.8, 4) is 34.4 Å². The molecule has 2 aromatic heterocycles. The molecule has 6 heterocycles. The maximum Gasteiger partial charge on any atom is 0.407 e. The quantitative estimate of drug-likeness (QED) is 0.124. The van der Waals surface area contributed by atoms with Gasteiger partial charge in [0, 0.05) is 50.6 Å². The molecule has 16 heteroatoms. The van der Waals surface area contributed by atoms with E-state index < -0.39 is 24.3 Å². The summed E-state index contributed by atoms with van der Waals surface area (Å²) in [6.45, 7) is 11.8. The van der Waals surface area contributed by atoms with Gasteiger partial charge in [0.1, 0.15) is 23.7 Å². The molecular weight excluding hydrogens is 841 g/mol. The Balaban J connectivity index is 0.920. The molecule has 0 radical (unpaired) electrons. The van der Waals surface area contributed by atoms with Crippen molar-refractivity contribution in [2.75, 3.05) is 53.7 Å². The van der Waals surface area contributed by atoms with Gasteiger partial charge in [0.05, 0.1) is 50.1 Å². The van der Waals surface area contributed by atoms with E-state index in [0.29, 0.717) is 76.8 Å². The van der Waals surface area contributed by atoms with Gasteiger partial charge in [-0.25, -0.2) is 19.6 Å². The number of ether oxygens (including phenoxy) is 4. The number of rotatable bonds is 10. The second kappa shape index (κ2) is 19.7. The number of hydrogen-bond donors (Lipinski definition) is 4. The number of aromatic amines is 2. The number of carbonyl (C=O) groups is 4. The molecule has 4 fully saturated rings. The summed E-state index contributed by atoms with van der Waals surface area (Å²) >= 11 is 0. The molecular formula is C50H62N8O8. The van der Waals surface area contributed by atoms with Gasteiger partial charge in [-0.15, -0.1) is 0 Å². The number of carbonyl (C=O) groups excluding carboxylic acids is 4. The molecule has 4 amide bonds. The van der Waals surface area contributed by atoms with E-state index in [-0.39, 0.29) is 46.6 Å². The van der Waals surface area contributed by atoms with Gasteiger partial charge in [-0.3, -0.25) is 9.59 Å². The van der Waals surface area contributed by atoms with Gasteiger partial charge < -0.3 is 49.3 Å². The molecule has 4 aromatic rings. The Hall–Kier alpha value is -6.18. The highest BCUT2D eigenvalue weighted by Crippen LogP contribution is 2.44. The third kappa shape index (κ3) is 10.6. The zero-order chi connectivity index (χ0) is 46.6. The summed E-state index contributed by atoms with van der Waals surface area (Å²) in [5, 5.41) is 5.67. The highest BCUT2D eigenvalue weighted by atomic mass is 16.5. The fraction of sp³-hybridized carbons (Fsp3) is 0.520. The van der Waals surface area contributed by atoms with Crippen LogP contribution in [0.3, 0.4) is 0 Å². The summed E-state index contributed by atoms with van der Waals surface area (Å²) in [6.07, 6.45) is 6.51. The van der Waals surface area contributed by atoms with Crippen LogP contribution in [0.4, 0.5) is 9.59 Å². The molecule has 350 valence electrons. The topological polar surface area (TPSA) is 193 Å². The van der Waals surface area contributed by atoms with Crippen LogP contribution in [0.25, 0.3) is 22.5 Å². The van der Waals surface area contributed by atoms with Crippen LogP contribution in [0.2, 0.25) is 0 Å². The standard InChI is InChI=1S/C50H62N8O8/c1-49(2)25-39(57(29-49)45(59)41(55-47(61)63-5)35-17-21-65-22-18-35)43-51-27-37(53-43)33-13-9-31(10-14-33)7-8-32-11-15-34(16-12-32)38-28-52-44(54-38)40-26-50(3,4)30-58(40)46(60)42(56-48(62)64-6)36-19-23-66-24-20-36/h9-16,27-28,35-36,39-42H,17-26,29-30H2,1-6H3,(H,51,53)(H,52,54)(H,55,61)(H,56,62)/t39-,40-,41-,42-/m0/s1. The third-order valence-corrected chi connectivity index (χ3v) is 13.5. The Bertz CT molecular complexity index is 2260. The SMILES string of the molecule is COC(=O)N[C@H](C(=O)N1CC(C)(C)C[C@H]1c1ncc(-c2ccc(C#Cc3ccc(-c4cnc([C@@H]5CC(C)(C)CN5C(=O)[C@@H](NC(=O)OC)C5CCOCC5)[nH]4)cc3)cc2)[nH]1)C1CCOCC1. The van der Waals surface area contributed by atoms with Gasteiger partial charge in [-0.2, -0.15) is 0 Å². The number of nitrogens with one attached hydrogen (secondary N) is 4. The number of H-pyrrole nitrogens is 2. The fourth-order valence-electron chi connectivity index (χ4n) is 10.00. The molecule has 2 aromatic carbocycles. The van der Waals surface area contributed by atoms with E-state index in [1.54, 1.807) is 12.4 Å². The molecule has 0 spiro atoms. The number of likely N-dealkylation sites (tertiary alicyclic amines) is 2. The number of nitrogens with zero attached hydrogens (tertiary/aromatic N) is 4. The maximum atomic E-state index is 14.2. The lowest BCUT2D eigenvalue weighted by atomic mass is 9.90. The summed E-state index contributed by atoms with van der Waals surface area (Å²) < 4.78 is 20.9. The van der Waals surface area contributed by atoms with Crippen LogP contribution in [0, 0.1) is 34.5 Å². The number of hydrogen-bond acceptors (Lipinski definition) is 10. The number of benzene rings is 2. The lowest BCUT2D eigenvalue weighted by Crippen LogP contribution is -2.53. The average Bonchev–Trinajstić information content (AvgIpc) is 4.15. The second-order valence-corrected chi connectivity index (χ2v) is 19.6. The first-order valence-electron chi connectivity index (χ1n) is 23.0. The molecule has 4 aliphatic rings. The van der Waals surface area contributed by atoms with Crippen molar-refractivity contribution in [3.63, 3.8) is 0 Å². The van der Waals surface area contributed by atoms with Crippen LogP contribution in [-0.4, -0.2) is 120 Å².